The molecule has 0 aliphatic heterocycles. The first-order chi connectivity index (χ1) is 15.3. The summed E-state index contributed by atoms with van der Waals surface area (Å²) >= 11 is 0. The Bertz CT molecular complexity index is 884. The first kappa shape index (κ1) is 28.0. The molecule has 0 spiro atoms. The number of alkyl carbamates (subject to hydrolysis) is 1. The number of allylic oxidation sites excluding steroid dienone is 1. The Morgan fingerprint density at radius 2 is 1.33 bits per heavy atom. The van der Waals surface area contributed by atoms with E-state index in [0.29, 0.717) is 11.8 Å². The summed E-state index contributed by atoms with van der Waals surface area (Å²) in [6, 6.07) is 18.9. The van der Waals surface area contributed by atoms with Gasteiger partial charge in [-0.05, 0) is 37.8 Å². The number of benzene rings is 2. The first-order valence-corrected chi connectivity index (χ1v) is 11.3. The molecular formula is C28H40N2O3. The largest absolute Gasteiger partial charge is 0.444 e. The topological polar surface area (TPSA) is 58.6 Å². The van der Waals surface area contributed by atoms with Gasteiger partial charge in [0.25, 0.3) is 0 Å². The molecule has 0 aliphatic carbocycles. The van der Waals surface area contributed by atoms with E-state index in [1.807, 2.05) is 24.3 Å². The van der Waals surface area contributed by atoms with E-state index >= 15 is 0 Å². The van der Waals surface area contributed by atoms with E-state index in [2.05, 4.69) is 56.9 Å². The quantitative estimate of drug-likeness (QED) is 0.520. The van der Waals surface area contributed by atoms with Crippen LogP contribution in [0.2, 0.25) is 0 Å². The van der Waals surface area contributed by atoms with Crippen molar-refractivity contribution in [1.29, 1.82) is 0 Å². The van der Waals surface area contributed by atoms with Gasteiger partial charge in [-0.15, -0.1) is 0 Å². The third kappa shape index (κ3) is 9.94. The van der Waals surface area contributed by atoms with Crippen LogP contribution in [0.15, 0.2) is 72.8 Å². The van der Waals surface area contributed by atoms with Gasteiger partial charge in [-0.2, -0.15) is 0 Å². The van der Waals surface area contributed by atoms with Crippen molar-refractivity contribution in [2.45, 2.75) is 59.1 Å². The Balaban J connectivity index is 0.000000361. The van der Waals surface area contributed by atoms with E-state index in [0.717, 1.165) is 5.56 Å². The number of rotatable bonds is 6. The number of ether oxygens (including phenoxy) is 1. The normalized spacial score (nSPS) is 12.6. The maximum absolute atomic E-state index is 12.2. The lowest BCUT2D eigenvalue weighted by atomic mass is 9.87. The Morgan fingerprint density at radius 3 is 1.73 bits per heavy atom. The predicted molar refractivity (Wildman–Crippen MR) is 136 cm³/mol. The van der Waals surface area contributed by atoms with Gasteiger partial charge < -0.3 is 15.0 Å². The third-order valence-corrected chi connectivity index (χ3v) is 5.08. The SMILES string of the molecule is C=C(C(C)C)[C@@H](C)c1ccccc1.CN(C)C(=O)[C@@H](NC(=O)OC(C)(C)C)c1ccccc1. The molecule has 0 aliphatic rings. The number of nitrogens with zero attached hydrogens (tertiary/aromatic N) is 1. The minimum atomic E-state index is -0.749. The maximum atomic E-state index is 12.2. The molecule has 2 atom stereocenters. The van der Waals surface area contributed by atoms with Crippen LogP contribution in [-0.4, -0.2) is 36.6 Å². The van der Waals surface area contributed by atoms with Gasteiger partial charge in [-0.25, -0.2) is 4.79 Å². The summed E-state index contributed by atoms with van der Waals surface area (Å²) in [7, 11) is 3.30. The van der Waals surface area contributed by atoms with Gasteiger partial charge >= 0.3 is 6.09 Å². The van der Waals surface area contributed by atoms with Crippen LogP contribution < -0.4 is 5.32 Å². The lowest BCUT2D eigenvalue weighted by molar-refractivity contribution is -0.131. The van der Waals surface area contributed by atoms with Crippen molar-refractivity contribution in [3.63, 3.8) is 0 Å². The second-order valence-electron chi connectivity index (χ2n) is 9.58. The Morgan fingerprint density at radius 1 is 0.879 bits per heavy atom. The van der Waals surface area contributed by atoms with Crippen molar-refractivity contribution in [3.8, 4) is 0 Å². The van der Waals surface area contributed by atoms with Gasteiger partial charge in [0.05, 0.1) is 0 Å². The fraction of sp³-hybridized carbons (Fsp3) is 0.429. The predicted octanol–water partition coefficient (Wildman–Crippen LogP) is 6.34. The summed E-state index contributed by atoms with van der Waals surface area (Å²) in [6.45, 7) is 16.1. The van der Waals surface area contributed by atoms with Gasteiger partial charge in [-0.3, -0.25) is 4.79 Å². The van der Waals surface area contributed by atoms with Crippen molar-refractivity contribution in [3.05, 3.63) is 83.9 Å². The van der Waals surface area contributed by atoms with E-state index in [9.17, 15) is 9.59 Å². The molecule has 0 fully saturated rings. The van der Waals surface area contributed by atoms with Crippen LogP contribution >= 0.6 is 0 Å². The monoisotopic (exact) mass is 452 g/mol. The molecule has 1 N–H and O–H groups in total. The number of nitrogens with one attached hydrogen (secondary N) is 1. The Labute approximate surface area is 199 Å². The van der Waals surface area contributed by atoms with Crippen molar-refractivity contribution in [2.75, 3.05) is 14.1 Å². The van der Waals surface area contributed by atoms with Gasteiger partial charge in [0.1, 0.15) is 11.6 Å². The zero-order valence-electron chi connectivity index (χ0n) is 21.4. The standard InChI is InChI=1S/C15H22N2O3.C13H18/c1-15(2,3)20-14(19)16-12(13(18)17(4)5)11-9-7-6-8-10-11;1-10(2)11(3)12(4)13-8-6-5-7-9-13/h6-10,12H,1-5H3,(H,16,19);5-10,12H,3H2,1-2,4H3/t2*12-/m01/s1. The molecule has 2 aromatic carbocycles. The average molecular weight is 453 g/mol. The highest BCUT2D eigenvalue weighted by atomic mass is 16.6. The van der Waals surface area contributed by atoms with Crippen LogP contribution in [0.1, 0.15) is 64.6 Å². The highest BCUT2D eigenvalue weighted by Gasteiger charge is 2.26. The zero-order valence-corrected chi connectivity index (χ0v) is 21.4. The molecule has 2 amide bonds. The molecule has 0 unspecified atom stereocenters. The molecule has 180 valence electrons. The Hall–Kier alpha value is -3.08. The molecule has 2 aromatic rings. The van der Waals surface area contributed by atoms with Gasteiger partial charge in [0, 0.05) is 20.0 Å². The number of carbonyl (C=O) groups excluding carboxylic acids is 2. The van der Waals surface area contributed by atoms with Crippen LogP contribution in [-0.2, 0) is 9.53 Å². The maximum Gasteiger partial charge on any atom is 0.408 e. The van der Waals surface area contributed by atoms with Crippen LogP contribution in [0.5, 0.6) is 0 Å². The summed E-state index contributed by atoms with van der Waals surface area (Å²) in [4.78, 5) is 25.5. The Kier molecular flexibility index (Phi) is 10.9. The van der Waals surface area contributed by atoms with E-state index < -0.39 is 17.7 Å². The molecule has 33 heavy (non-hydrogen) atoms. The molecule has 0 radical (unpaired) electrons. The molecule has 0 saturated heterocycles. The molecule has 2 rings (SSSR count). The zero-order chi connectivity index (χ0) is 25.2. The number of likely N-dealkylation sites (N-methyl/N-ethyl adjacent to an activating group) is 1. The van der Waals surface area contributed by atoms with Crippen LogP contribution in [0.3, 0.4) is 0 Å². The smallest absolute Gasteiger partial charge is 0.408 e. The molecule has 0 saturated carbocycles. The van der Waals surface area contributed by atoms with E-state index in [1.54, 1.807) is 47.0 Å². The third-order valence-electron chi connectivity index (χ3n) is 5.08. The summed E-state index contributed by atoms with van der Waals surface area (Å²) in [5.41, 5.74) is 2.79. The van der Waals surface area contributed by atoms with Crippen molar-refractivity contribution >= 4 is 12.0 Å². The van der Waals surface area contributed by atoms with Gasteiger partial charge in [0.15, 0.2) is 0 Å². The number of amides is 2. The number of hydrogen-bond donors (Lipinski definition) is 1. The second kappa shape index (κ2) is 12.8. The first-order valence-electron chi connectivity index (χ1n) is 11.3. The molecule has 5 heteroatoms. The van der Waals surface area contributed by atoms with Gasteiger partial charge in [0.2, 0.25) is 5.91 Å². The summed E-state index contributed by atoms with van der Waals surface area (Å²) in [5, 5.41) is 2.62. The highest BCUT2D eigenvalue weighted by molar-refractivity contribution is 5.86. The second-order valence-corrected chi connectivity index (χ2v) is 9.58. The van der Waals surface area contributed by atoms with Crippen molar-refractivity contribution in [2.24, 2.45) is 5.92 Å². The van der Waals surface area contributed by atoms with Gasteiger partial charge in [-0.1, -0.05) is 93.6 Å². The lowest BCUT2D eigenvalue weighted by Crippen LogP contribution is -2.42. The van der Waals surface area contributed by atoms with E-state index in [1.165, 1.54) is 16.0 Å². The lowest BCUT2D eigenvalue weighted by Gasteiger charge is -2.25. The molecule has 5 nitrogen and oxygen atoms in total. The van der Waals surface area contributed by atoms with Crippen LogP contribution in [0.4, 0.5) is 4.79 Å². The highest BCUT2D eigenvalue weighted by Crippen LogP contribution is 2.27. The molecular weight excluding hydrogens is 412 g/mol. The van der Waals surface area contributed by atoms with Crippen molar-refractivity contribution in [1.82, 2.24) is 10.2 Å². The number of carbonyl (C=O) groups is 2. The van der Waals surface area contributed by atoms with Crippen molar-refractivity contribution < 1.29 is 14.3 Å². The minimum absolute atomic E-state index is 0.206. The molecule has 0 bridgehead atoms. The fourth-order valence-corrected chi connectivity index (χ4v) is 3.07. The summed E-state index contributed by atoms with van der Waals surface area (Å²) < 4.78 is 5.20. The molecule has 0 heterocycles. The average Bonchev–Trinajstić information content (AvgIpc) is 2.76. The van der Waals surface area contributed by atoms with E-state index in [4.69, 9.17) is 4.74 Å². The summed E-state index contributed by atoms with van der Waals surface area (Å²) in [6.07, 6.45) is -0.610. The summed E-state index contributed by atoms with van der Waals surface area (Å²) in [5.74, 6) is 0.832. The minimum Gasteiger partial charge on any atom is -0.444 e. The molecule has 0 aromatic heterocycles. The fourth-order valence-electron chi connectivity index (χ4n) is 3.07. The van der Waals surface area contributed by atoms with E-state index in [-0.39, 0.29) is 5.91 Å². The van der Waals surface area contributed by atoms with Crippen LogP contribution in [0, 0.1) is 5.92 Å². The van der Waals surface area contributed by atoms with Crippen LogP contribution in [0.25, 0.3) is 0 Å². The number of hydrogen-bond acceptors (Lipinski definition) is 3.